The van der Waals surface area contributed by atoms with Crippen molar-refractivity contribution < 1.29 is 0 Å². The Morgan fingerprint density at radius 2 is 2.18 bits per heavy atom. The van der Waals surface area contributed by atoms with E-state index in [1.807, 2.05) is 42.6 Å². The SMILES string of the molecule is NNC(Cc1cccc(Cl)c1)c1cccnc1. The van der Waals surface area contributed by atoms with Crippen LogP contribution in [-0.4, -0.2) is 4.98 Å². The summed E-state index contributed by atoms with van der Waals surface area (Å²) in [5, 5.41) is 0.740. The van der Waals surface area contributed by atoms with Crippen LogP contribution in [0.15, 0.2) is 48.8 Å². The van der Waals surface area contributed by atoms with Gasteiger partial charge in [-0.1, -0.05) is 29.8 Å². The summed E-state index contributed by atoms with van der Waals surface area (Å²) in [5.41, 5.74) is 5.01. The van der Waals surface area contributed by atoms with Crippen LogP contribution in [-0.2, 0) is 6.42 Å². The zero-order chi connectivity index (χ0) is 12.1. The van der Waals surface area contributed by atoms with Crippen molar-refractivity contribution in [3.8, 4) is 0 Å². The highest BCUT2D eigenvalue weighted by atomic mass is 35.5. The predicted octanol–water partition coefficient (Wildman–Crippen LogP) is 2.48. The van der Waals surface area contributed by atoms with Gasteiger partial charge < -0.3 is 0 Å². The summed E-state index contributed by atoms with van der Waals surface area (Å²) < 4.78 is 0. The average Bonchev–Trinajstić information content (AvgIpc) is 2.37. The molecule has 0 aliphatic carbocycles. The molecule has 0 amide bonds. The van der Waals surface area contributed by atoms with Gasteiger partial charge >= 0.3 is 0 Å². The molecule has 88 valence electrons. The highest BCUT2D eigenvalue weighted by Gasteiger charge is 2.10. The number of halogens is 1. The highest BCUT2D eigenvalue weighted by Crippen LogP contribution is 2.19. The Morgan fingerprint density at radius 3 is 2.82 bits per heavy atom. The first kappa shape index (κ1) is 12.0. The van der Waals surface area contributed by atoms with Crippen LogP contribution in [0, 0.1) is 0 Å². The highest BCUT2D eigenvalue weighted by molar-refractivity contribution is 6.30. The summed E-state index contributed by atoms with van der Waals surface area (Å²) >= 11 is 5.95. The van der Waals surface area contributed by atoms with Gasteiger partial charge in [0, 0.05) is 17.4 Å². The minimum absolute atomic E-state index is 0.0437. The maximum Gasteiger partial charge on any atom is 0.0515 e. The van der Waals surface area contributed by atoms with Crippen LogP contribution in [0.25, 0.3) is 0 Å². The maximum atomic E-state index is 5.95. The van der Waals surface area contributed by atoms with E-state index in [0.717, 1.165) is 22.6 Å². The summed E-state index contributed by atoms with van der Waals surface area (Å²) in [5.74, 6) is 5.58. The quantitative estimate of drug-likeness (QED) is 0.645. The molecule has 0 spiro atoms. The Labute approximate surface area is 106 Å². The molecule has 0 aliphatic rings. The van der Waals surface area contributed by atoms with E-state index in [9.17, 15) is 0 Å². The molecule has 3 N–H and O–H groups in total. The van der Waals surface area contributed by atoms with E-state index in [0.29, 0.717) is 0 Å². The molecule has 0 saturated carbocycles. The van der Waals surface area contributed by atoms with E-state index in [4.69, 9.17) is 17.4 Å². The molecule has 1 unspecified atom stereocenters. The van der Waals surface area contributed by atoms with E-state index in [1.54, 1.807) is 6.20 Å². The minimum Gasteiger partial charge on any atom is -0.271 e. The fraction of sp³-hybridized carbons (Fsp3) is 0.154. The molecule has 2 aromatic rings. The standard InChI is InChI=1S/C13H14ClN3/c14-12-5-1-3-10(7-12)8-13(17-15)11-4-2-6-16-9-11/h1-7,9,13,17H,8,15H2. The van der Waals surface area contributed by atoms with Gasteiger partial charge in [-0.15, -0.1) is 0 Å². The van der Waals surface area contributed by atoms with Crippen LogP contribution in [0.3, 0.4) is 0 Å². The van der Waals surface area contributed by atoms with Crippen molar-refractivity contribution in [2.75, 3.05) is 0 Å². The van der Waals surface area contributed by atoms with E-state index in [2.05, 4.69) is 10.4 Å². The number of nitrogens with one attached hydrogen (secondary N) is 1. The van der Waals surface area contributed by atoms with Crippen molar-refractivity contribution in [1.29, 1.82) is 0 Å². The predicted molar refractivity (Wildman–Crippen MR) is 69.5 cm³/mol. The summed E-state index contributed by atoms with van der Waals surface area (Å²) in [4.78, 5) is 4.09. The fourth-order valence-electron chi connectivity index (χ4n) is 1.75. The van der Waals surface area contributed by atoms with Gasteiger partial charge in [-0.3, -0.25) is 16.3 Å². The molecule has 1 heterocycles. The first-order valence-electron chi connectivity index (χ1n) is 5.40. The molecule has 0 aliphatic heterocycles. The second-order valence-corrected chi connectivity index (χ2v) is 4.28. The average molecular weight is 248 g/mol. The molecule has 0 bridgehead atoms. The summed E-state index contributed by atoms with van der Waals surface area (Å²) in [6.07, 6.45) is 4.34. The molecule has 3 nitrogen and oxygen atoms in total. The topological polar surface area (TPSA) is 50.9 Å². The van der Waals surface area contributed by atoms with E-state index >= 15 is 0 Å². The van der Waals surface area contributed by atoms with Crippen molar-refractivity contribution in [2.45, 2.75) is 12.5 Å². The van der Waals surface area contributed by atoms with E-state index in [1.165, 1.54) is 0 Å². The number of nitrogens with two attached hydrogens (primary N) is 1. The van der Waals surface area contributed by atoms with Gasteiger partial charge in [0.25, 0.3) is 0 Å². The zero-order valence-electron chi connectivity index (χ0n) is 9.31. The molecule has 17 heavy (non-hydrogen) atoms. The Hall–Kier alpha value is -1.42. The van der Waals surface area contributed by atoms with E-state index in [-0.39, 0.29) is 6.04 Å². The lowest BCUT2D eigenvalue weighted by Crippen LogP contribution is -2.29. The number of rotatable bonds is 4. The van der Waals surface area contributed by atoms with Gasteiger partial charge in [0.15, 0.2) is 0 Å². The number of aromatic nitrogens is 1. The molecule has 1 aromatic heterocycles. The molecule has 0 saturated heterocycles. The van der Waals surface area contributed by atoms with Gasteiger partial charge in [-0.05, 0) is 35.7 Å². The third-order valence-electron chi connectivity index (χ3n) is 2.62. The molecule has 4 heteroatoms. The van der Waals surface area contributed by atoms with Gasteiger partial charge in [0.05, 0.1) is 6.04 Å². The monoisotopic (exact) mass is 247 g/mol. The van der Waals surface area contributed by atoms with Crippen LogP contribution in [0.1, 0.15) is 17.2 Å². The first-order chi connectivity index (χ1) is 8.29. The van der Waals surface area contributed by atoms with Crippen LogP contribution in [0.2, 0.25) is 5.02 Å². The fourth-order valence-corrected chi connectivity index (χ4v) is 1.97. The lowest BCUT2D eigenvalue weighted by Gasteiger charge is -2.16. The molecule has 2 rings (SSSR count). The number of nitrogens with zero attached hydrogens (tertiary/aromatic N) is 1. The van der Waals surface area contributed by atoms with Gasteiger partial charge in [-0.25, -0.2) is 0 Å². The van der Waals surface area contributed by atoms with Crippen molar-refractivity contribution in [2.24, 2.45) is 5.84 Å². The number of hydrogen-bond acceptors (Lipinski definition) is 3. The zero-order valence-corrected chi connectivity index (χ0v) is 10.1. The molecular formula is C13H14ClN3. The van der Waals surface area contributed by atoms with Crippen molar-refractivity contribution in [3.63, 3.8) is 0 Å². The van der Waals surface area contributed by atoms with Gasteiger partial charge in [-0.2, -0.15) is 0 Å². The maximum absolute atomic E-state index is 5.95. The van der Waals surface area contributed by atoms with Crippen LogP contribution >= 0.6 is 11.6 Å². The normalized spacial score (nSPS) is 12.4. The number of benzene rings is 1. The third kappa shape index (κ3) is 3.27. The second kappa shape index (κ2) is 5.77. The Morgan fingerprint density at radius 1 is 1.29 bits per heavy atom. The lowest BCUT2D eigenvalue weighted by atomic mass is 10.0. The second-order valence-electron chi connectivity index (χ2n) is 3.84. The van der Waals surface area contributed by atoms with Crippen LogP contribution in [0.5, 0.6) is 0 Å². The van der Waals surface area contributed by atoms with Crippen molar-refractivity contribution in [1.82, 2.24) is 10.4 Å². The van der Waals surface area contributed by atoms with Crippen molar-refractivity contribution >= 4 is 11.6 Å². The first-order valence-corrected chi connectivity index (χ1v) is 5.78. The largest absolute Gasteiger partial charge is 0.271 e. The van der Waals surface area contributed by atoms with Crippen LogP contribution < -0.4 is 11.3 Å². The minimum atomic E-state index is 0.0437. The van der Waals surface area contributed by atoms with Gasteiger partial charge in [0.2, 0.25) is 0 Å². The molecule has 1 atom stereocenters. The molecule has 0 radical (unpaired) electrons. The van der Waals surface area contributed by atoms with E-state index < -0.39 is 0 Å². The van der Waals surface area contributed by atoms with Gasteiger partial charge in [0.1, 0.15) is 0 Å². The summed E-state index contributed by atoms with van der Waals surface area (Å²) in [6, 6.07) is 11.7. The number of pyridine rings is 1. The van der Waals surface area contributed by atoms with Crippen molar-refractivity contribution in [3.05, 3.63) is 64.9 Å². The Balaban J connectivity index is 2.16. The summed E-state index contributed by atoms with van der Waals surface area (Å²) in [7, 11) is 0. The third-order valence-corrected chi connectivity index (χ3v) is 2.85. The number of hydrogen-bond donors (Lipinski definition) is 2. The summed E-state index contributed by atoms with van der Waals surface area (Å²) in [6.45, 7) is 0. The number of hydrazine groups is 1. The molecular weight excluding hydrogens is 234 g/mol. The van der Waals surface area contributed by atoms with Crippen LogP contribution in [0.4, 0.5) is 0 Å². The Kier molecular flexibility index (Phi) is 4.09. The lowest BCUT2D eigenvalue weighted by molar-refractivity contribution is 0.550. The molecule has 0 fully saturated rings. The molecule has 1 aromatic carbocycles. The Bertz CT molecular complexity index is 473. The smallest absolute Gasteiger partial charge is 0.0515 e.